The number of carbonyl (C=O) groups is 1. The Bertz CT molecular complexity index is 1070. The Morgan fingerprint density at radius 1 is 1.11 bits per heavy atom. The van der Waals surface area contributed by atoms with Crippen LogP contribution in [0.5, 0.6) is 0 Å². The summed E-state index contributed by atoms with van der Waals surface area (Å²) in [7, 11) is 2.31. The molecule has 247 valence electrons. The topological polar surface area (TPSA) is 236 Å². The van der Waals surface area contributed by atoms with Crippen molar-refractivity contribution in [2.75, 3.05) is 18.9 Å². The van der Waals surface area contributed by atoms with Gasteiger partial charge in [0.2, 0.25) is 0 Å². The van der Waals surface area contributed by atoms with Gasteiger partial charge in [-0.2, -0.15) is 0 Å². The van der Waals surface area contributed by atoms with Gasteiger partial charge in [0, 0.05) is 68.6 Å². The van der Waals surface area contributed by atoms with Gasteiger partial charge in [-0.25, -0.2) is 4.98 Å². The number of aliphatic hydroxyl groups excluding tert-OH is 4. The molecule has 6 N–H and O–H groups in total. The molecule has 1 aromatic rings. The molecule has 10 atom stereocenters. The summed E-state index contributed by atoms with van der Waals surface area (Å²) < 4.78 is 28.4. The van der Waals surface area contributed by atoms with E-state index in [1.54, 1.807) is 27.7 Å². The van der Waals surface area contributed by atoms with Gasteiger partial charge < -0.3 is 55.2 Å². The normalized spacial score (nSPS) is 32.3. The SMILES string of the molecule is CC(C)OC1OC(CO)C(O)C(OC2OC(C(=O)NCCSSc3ncccc3[N+](=O)[O-])C(OC(C)C)C(O)C2O)C1[NH-].[Ac]. The first-order valence-corrected chi connectivity index (χ1v) is 16.0. The van der Waals surface area contributed by atoms with Crippen molar-refractivity contribution in [3.63, 3.8) is 0 Å². The zero-order chi connectivity index (χ0) is 31.8. The largest absolute Gasteiger partial charge is 0.668 e. The van der Waals surface area contributed by atoms with Crippen molar-refractivity contribution in [1.82, 2.24) is 10.3 Å². The third kappa shape index (κ3) is 10.6. The van der Waals surface area contributed by atoms with Crippen molar-refractivity contribution in [1.29, 1.82) is 0 Å². The van der Waals surface area contributed by atoms with Crippen LogP contribution in [0.1, 0.15) is 27.7 Å². The van der Waals surface area contributed by atoms with E-state index in [2.05, 4.69) is 10.3 Å². The second kappa shape index (κ2) is 18.9. The molecule has 1 aromatic heterocycles. The molecule has 3 heterocycles. The molecule has 3 rings (SSSR count). The summed E-state index contributed by atoms with van der Waals surface area (Å²) in [6.45, 7) is 6.28. The molecular formula is C25H39AcN4O12S2-. The molecule has 44 heavy (non-hydrogen) atoms. The number of nitrogens with one attached hydrogen (secondary N) is 2. The van der Waals surface area contributed by atoms with E-state index in [0.29, 0.717) is 5.75 Å². The van der Waals surface area contributed by atoms with E-state index in [9.17, 15) is 35.3 Å². The number of ether oxygens (including phenoxy) is 5. The maximum Gasteiger partial charge on any atom is 0.302 e. The molecule has 2 aliphatic rings. The third-order valence-corrected chi connectivity index (χ3v) is 8.64. The molecule has 2 fully saturated rings. The molecule has 0 saturated carbocycles. The van der Waals surface area contributed by atoms with Crippen molar-refractivity contribution < 1.29 is 97.9 Å². The van der Waals surface area contributed by atoms with Crippen molar-refractivity contribution in [2.45, 2.75) is 106 Å². The quantitative estimate of drug-likeness (QED) is 0.0737. The number of aliphatic hydroxyl groups is 4. The molecule has 2 saturated heterocycles. The van der Waals surface area contributed by atoms with E-state index in [4.69, 9.17) is 29.4 Å². The van der Waals surface area contributed by atoms with Crippen LogP contribution in [-0.2, 0) is 28.5 Å². The summed E-state index contributed by atoms with van der Waals surface area (Å²) in [4.78, 5) is 27.9. The Kier molecular flexibility index (Phi) is 17.2. The second-order valence-electron chi connectivity index (χ2n) is 10.4. The fourth-order valence-corrected chi connectivity index (χ4v) is 6.33. The van der Waals surface area contributed by atoms with Gasteiger partial charge in [-0.3, -0.25) is 14.9 Å². The van der Waals surface area contributed by atoms with Crippen LogP contribution in [0.3, 0.4) is 0 Å². The Morgan fingerprint density at radius 3 is 2.41 bits per heavy atom. The van der Waals surface area contributed by atoms with Crippen LogP contribution < -0.4 is 5.32 Å². The predicted molar refractivity (Wildman–Crippen MR) is 154 cm³/mol. The van der Waals surface area contributed by atoms with Crippen LogP contribution in [0.15, 0.2) is 23.4 Å². The van der Waals surface area contributed by atoms with E-state index in [1.165, 1.54) is 29.1 Å². The van der Waals surface area contributed by atoms with Crippen LogP contribution in [0.2, 0.25) is 0 Å². The Morgan fingerprint density at radius 2 is 1.80 bits per heavy atom. The van der Waals surface area contributed by atoms with Gasteiger partial charge in [-0.15, -0.1) is 0 Å². The summed E-state index contributed by atoms with van der Waals surface area (Å²) in [6, 6.07) is 1.47. The molecule has 19 heteroatoms. The number of hydrogen-bond acceptors (Lipinski definition) is 15. The minimum absolute atomic E-state index is 0. The van der Waals surface area contributed by atoms with E-state index in [1.807, 2.05) is 0 Å². The van der Waals surface area contributed by atoms with Crippen LogP contribution in [0.4, 0.5) is 5.69 Å². The summed E-state index contributed by atoms with van der Waals surface area (Å²) in [5.74, 6) is -0.365. The van der Waals surface area contributed by atoms with Crippen LogP contribution in [0, 0.1) is 54.2 Å². The number of nitrogens with zero attached hydrogens (tertiary/aromatic N) is 2. The second-order valence-corrected chi connectivity index (χ2v) is 12.8. The van der Waals surface area contributed by atoms with Crippen molar-refractivity contribution in [3.05, 3.63) is 34.2 Å². The number of amides is 1. The summed E-state index contributed by atoms with van der Waals surface area (Å²) >= 11 is 0. The summed E-state index contributed by atoms with van der Waals surface area (Å²) in [5, 5.41) is 56.3. The average Bonchev–Trinajstić information content (AvgIpc) is 2.95. The molecule has 16 nitrogen and oxygen atoms in total. The maximum absolute atomic E-state index is 13.2. The molecular weight excluding hydrogens is 839 g/mol. The smallest absolute Gasteiger partial charge is 0.302 e. The fourth-order valence-electron chi connectivity index (χ4n) is 4.40. The van der Waals surface area contributed by atoms with Crippen LogP contribution in [-0.4, -0.2) is 129 Å². The number of hydrogen-bond donors (Lipinski definition) is 5. The minimum Gasteiger partial charge on any atom is -0.668 e. The minimum atomic E-state index is -1.73. The van der Waals surface area contributed by atoms with Gasteiger partial charge in [-0.1, -0.05) is 16.8 Å². The van der Waals surface area contributed by atoms with Gasteiger partial charge in [0.1, 0.15) is 36.8 Å². The number of aromatic nitrogens is 1. The standard InChI is InChI=1S/C25H39N4O12S2.Ac/c1-11(2)37-20-17(32)18(33)25(40-19-15(26)24(38-12(3)4)39-14(10-30)16(19)31)41-21(20)22(34)27-8-9-42-43-23-13(29(35)36)6-5-7-28-23;/h5-7,11-12,14-21,24-26,30-33H,8-10H2,1-4H3,(H,27,34);/q-1;. The molecule has 10 unspecified atom stereocenters. The van der Waals surface area contributed by atoms with E-state index in [-0.39, 0.29) is 67.4 Å². The van der Waals surface area contributed by atoms with Gasteiger partial charge in [0.25, 0.3) is 5.91 Å². The summed E-state index contributed by atoms with van der Waals surface area (Å²) in [6.07, 6.45) is -12.4. The number of nitro groups is 1. The van der Waals surface area contributed by atoms with Crippen molar-refractivity contribution in [3.8, 4) is 0 Å². The molecule has 0 aliphatic carbocycles. The van der Waals surface area contributed by atoms with Gasteiger partial charge in [-0.05, 0) is 44.6 Å². The van der Waals surface area contributed by atoms with E-state index >= 15 is 0 Å². The number of carbonyl (C=O) groups excluding carboxylic acids is 1. The molecule has 0 aromatic carbocycles. The molecule has 0 bridgehead atoms. The van der Waals surface area contributed by atoms with E-state index < -0.39 is 84.9 Å². The molecule has 1 radical (unpaired) electrons. The molecule has 2 aliphatic heterocycles. The number of pyridine rings is 1. The van der Waals surface area contributed by atoms with Crippen LogP contribution >= 0.6 is 21.6 Å². The first-order chi connectivity index (χ1) is 20.3. The van der Waals surface area contributed by atoms with Gasteiger partial charge in [0.15, 0.2) is 17.4 Å². The molecule has 1 amide bonds. The average molecular weight is 879 g/mol. The Balaban J connectivity index is 0.00000675. The first-order valence-electron chi connectivity index (χ1n) is 13.7. The number of rotatable bonds is 14. The van der Waals surface area contributed by atoms with Crippen LogP contribution in [0.25, 0.3) is 5.73 Å². The predicted octanol–water partition coefficient (Wildman–Crippen LogP) is 0.396. The molecule has 0 spiro atoms. The van der Waals surface area contributed by atoms with Gasteiger partial charge in [0.05, 0.1) is 29.8 Å². The Labute approximate surface area is 298 Å². The first kappa shape index (κ1) is 39.9. The maximum atomic E-state index is 13.2. The van der Waals surface area contributed by atoms with Crippen molar-refractivity contribution >= 4 is 33.2 Å². The summed E-state index contributed by atoms with van der Waals surface area (Å²) in [5.41, 5.74) is 8.40. The zero-order valence-corrected chi connectivity index (χ0v) is 31.0. The zero-order valence-electron chi connectivity index (χ0n) is 24.6. The van der Waals surface area contributed by atoms with Gasteiger partial charge >= 0.3 is 5.69 Å². The van der Waals surface area contributed by atoms with Crippen molar-refractivity contribution in [2.24, 2.45) is 0 Å². The Hall–Kier alpha value is -0.238. The fraction of sp³-hybridized carbons (Fsp3) is 0.760. The third-order valence-electron chi connectivity index (χ3n) is 6.35. The van der Waals surface area contributed by atoms with E-state index in [0.717, 1.165) is 10.8 Å². The monoisotopic (exact) mass is 878 g/mol.